The fourth-order valence-electron chi connectivity index (χ4n) is 3.38. The summed E-state index contributed by atoms with van der Waals surface area (Å²) in [5.74, 6) is 0.506. The Morgan fingerprint density at radius 2 is 2.30 bits per heavy atom. The predicted octanol–water partition coefficient (Wildman–Crippen LogP) is 0.324. The zero-order valence-corrected chi connectivity index (χ0v) is 11.5. The summed E-state index contributed by atoms with van der Waals surface area (Å²) in [6.07, 6.45) is 4.80. The third kappa shape index (κ3) is 2.39. The molecule has 2 amide bonds. The lowest BCUT2D eigenvalue weighted by molar-refractivity contribution is -0.121. The molecule has 1 saturated carbocycles. The van der Waals surface area contributed by atoms with E-state index >= 15 is 0 Å². The second-order valence-corrected chi connectivity index (χ2v) is 5.66. The molecule has 108 valence electrons. The first kappa shape index (κ1) is 13.1. The lowest BCUT2D eigenvalue weighted by Crippen LogP contribution is -2.42. The van der Waals surface area contributed by atoms with Crippen LogP contribution in [-0.2, 0) is 4.79 Å². The summed E-state index contributed by atoms with van der Waals surface area (Å²) >= 11 is 0. The Morgan fingerprint density at radius 3 is 3.00 bits per heavy atom. The van der Waals surface area contributed by atoms with Gasteiger partial charge in [0.25, 0.3) is 5.91 Å². The fraction of sp³-hybridized carbons (Fsp3) is 0.692. The van der Waals surface area contributed by atoms with Crippen molar-refractivity contribution in [2.24, 2.45) is 5.92 Å². The molecule has 1 aliphatic carbocycles. The molecule has 1 aliphatic heterocycles. The van der Waals surface area contributed by atoms with Gasteiger partial charge in [-0.3, -0.25) is 9.59 Å². The molecule has 20 heavy (non-hydrogen) atoms. The van der Waals surface area contributed by atoms with Gasteiger partial charge in [0, 0.05) is 25.0 Å². The molecule has 1 aromatic rings. The zero-order valence-electron chi connectivity index (χ0n) is 11.5. The molecule has 7 heteroatoms. The summed E-state index contributed by atoms with van der Waals surface area (Å²) in [7, 11) is 0. The van der Waals surface area contributed by atoms with E-state index in [1.54, 1.807) is 0 Å². The molecule has 2 aliphatic rings. The van der Waals surface area contributed by atoms with Crippen LogP contribution in [0.4, 0.5) is 0 Å². The van der Waals surface area contributed by atoms with E-state index < -0.39 is 0 Å². The highest BCUT2D eigenvalue weighted by atomic mass is 16.2. The van der Waals surface area contributed by atoms with Crippen LogP contribution in [0.1, 0.15) is 43.1 Å². The Bertz CT molecular complexity index is 501. The number of likely N-dealkylation sites (tertiary alicyclic amines) is 1. The van der Waals surface area contributed by atoms with Gasteiger partial charge in [0.05, 0.1) is 6.20 Å². The van der Waals surface area contributed by atoms with E-state index in [0.717, 1.165) is 25.8 Å². The second kappa shape index (κ2) is 5.22. The smallest absolute Gasteiger partial charge is 0.276 e. The standard InChI is InChI=1S/C13H19N5O2/c1-2-12(19)15-9-3-8-4-10(5-9)18(7-8)13(20)11-6-14-17-16-11/h6,8-10H,2-5,7H2,1H3,(H,15,19)(H,14,16,17). The molecule has 0 spiro atoms. The number of amides is 2. The van der Waals surface area contributed by atoms with E-state index in [4.69, 9.17) is 0 Å². The molecule has 2 bridgehead atoms. The molecule has 2 N–H and O–H groups in total. The van der Waals surface area contributed by atoms with Crippen molar-refractivity contribution in [3.63, 3.8) is 0 Å². The number of H-pyrrole nitrogens is 1. The summed E-state index contributed by atoms with van der Waals surface area (Å²) in [4.78, 5) is 25.7. The summed E-state index contributed by atoms with van der Waals surface area (Å²) in [5, 5.41) is 13.1. The van der Waals surface area contributed by atoms with Crippen LogP contribution in [0.5, 0.6) is 0 Å². The lowest BCUT2D eigenvalue weighted by Gasteiger charge is -2.29. The molecule has 3 atom stereocenters. The van der Waals surface area contributed by atoms with Crippen molar-refractivity contribution in [3.8, 4) is 0 Å². The Morgan fingerprint density at radius 1 is 1.45 bits per heavy atom. The van der Waals surface area contributed by atoms with Crippen molar-refractivity contribution < 1.29 is 9.59 Å². The highest BCUT2D eigenvalue weighted by Gasteiger charge is 2.42. The first-order valence-corrected chi connectivity index (χ1v) is 7.13. The number of hydrogen-bond acceptors (Lipinski definition) is 4. The summed E-state index contributed by atoms with van der Waals surface area (Å²) in [5.41, 5.74) is 0.367. The van der Waals surface area contributed by atoms with Crippen molar-refractivity contribution >= 4 is 11.8 Å². The van der Waals surface area contributed by atoms with Crippen molar-refractivity contribution in [1.82, 2.24) is 25.6 Å². The molecule has 1 aromatic heterocycles. The molecule has 2 fully saturated rings. The Labute approximate surface area is 117 Å². The van der Waals surface area contributed by atoms with E-state index in [1.807, 2.05) is 11.8 Å². The van der Waals surface area contributed by atoms with Gasteiger partial charge in [-0.25, -0.2) is 0 Å². The van der Waals surface area contributed by atoms with Gasteiger partial charge < -0.3 is 10.2 Å². The van der Waals surface area contributed by atoms with Gasteiger partial charge in [-0.15, -0.1) is 0 Å². The van der Waals surface area contributed by atoms with E-state index in [-0.39, 0.29) is 23.9 Å². The highest BCUT2D eigenvalue weighted by Crippen LogP contribution is 2.36. The van der Waals surface area contributed by atoms with Crippen LogP contribution >= 0.6 is 0 Å². The van der Waals surface area contributed by atoms with Gasteiger partial charge in [-0.05, 0) is 25.2 Å². The van der Waals surface area contributed by atoms with E-state index in [1.165, 1.54) is 6.20 Å². The maximum Gasteiger partial charge on any atom is 0.276 e. The van der Waals surface area contributed by atoms with Crippen molar-refractivity contribution in [3.05, 3.63) is 11.9 Å². The summed E-state index contributed by atoms with van der Waals surface area (Å²) in [6.45, 7) is 2.61. The van der Waals surface area contributed by atoms with E-state index in [0.29, 0.717) is 18.0 Å². The Balaban J connectivity index is 1.67. The highest BCUT2D eigenvalue weighted by molar-refractivity contribution is 5.92. The van der Waals surface area contributed by atoms with Crippen LogP contribution < -0.4 is 5.32 Å². The number of aromatic nitrogens is 3. The first-order valence-electron chi connectivity index (χ1n) is 7.13. The number of hydrogen-bond donors (Lipinski definition) is 2. The Hall–Kier alpha value is -1.92. The van der Waals surface area contributed by atoms with E-state index in [9.17, 15) is 9.59 Å². The SMILES string of the molecule is CCC(=O)NC1CC2CC(C1)N(C(=O)c1cn[nH]n1)C2. The number of nitrogens with one attached hydrogen (secondary N) is 2. The van der Waals surface area contributed by atoms with Gasteiger partial charge in [0.1, 0.15) is 0 Å². The van der Waals surface area contributed by atoms with Crippen LogP contribution in [-0.4, -0.2) is 50.8 Å². The van der Waals surface area contributed by atoms with Crippen molar-refractivity contribution in [1.29, 1.82) is 0 Å². The van der Waals surface area contributed by atoms with Crippen LogP contribution in [0.2, 0.25) is 0 Å². The minimum absolute atomic E-state index is 0.0614. The van der Waals surface area contributed by atoms with Gasteiger partial charge in [0.15, 0.2) is 5.69 Å². The third-order valence-electron chi connectivity index (χ3n) is 4.26. The average Bonchev–Trinajstić information content (AvgIpc) is 3.06. The minimum atomic E-state index is -0.0614. The van der Waals surface area contributed by atoms with Crippen LogP contribution in [0.25, 0.3) is 0 Å². The number of rotatable bonds is 3. The van der Waals surface area contributed by atoms with Gasteiger partial charge in [-0.2, -0.15) is 15.4 Å². The molecule has 2 heterocycles. The maximum absolute atomic E-state index is 12.4. The number of nitrogens with zero attached hydrogens (tertiary/aromatic N) is 3. The summed E-state index contributed by atoms with van der Waals surface area (Å²) < 4.78 is 0. The molecule has 0 radical (unpaired) electrons. The van der Waals surface area contributed by atoms with Gasteiger partial charge >= 0.3 is 0 Å². The van der Waals surface area contributed by atoms with Gasteiger partial charge in [0.2, 0.25) is 5.91 Å². The molecule has 3 rings (SSSR count). The Kier molecular flexibility index (Phi) is 3.42. The number of carbonyl (C=O) groups is 2. The van der Waals surface area contributed by atoms with Crippen LogP contribution in [0.3, 0.4) is 0 Å². The lowest BCUT2D eigenvalue weighted by atomic mass is 9.86. The van der Waals surface area contributed by atoms with Crippen LogP contribution in [0, 0.1) is 5.92 Å². The quantitative estimate of drug-likeness (QED) is 0.832. The predicted molar refractivity (Wildman–Crippen MR) is 70.8 cm³/mol. The van der Waals surface area contributed by atoms with Crippen molar-refractivity contribution in [2.45, 2.75) is 44.7 Å². The van der Waals surface area contributed by atoms with Crippen molar-refractivity contribution in [2.75, 3.05) is 6.54 Å². The molecular weight excluding hydrogens is 258 g/mol. The first-order chi connectivity index (χ1) is 9.67. The second-order valence-electron chi connectivity index (χ2n) is 5.66. The third-order valence-corrected chi connectivity index (χ3v) is 4.26. The van der Waals surface area contributed by atoms with Crippen LogP contribution in [0.15, 0.2) is 6.20 Å². The normalized spacial score (nSPS) is 28.4. The molecular formula is C13H19N5O2. The maximum atomic E-state index is 12.4. The topological polar surface area (TPSA) is 91.0 Å². The molecule has 3 unspecified atom stereocenters. The molecule has 1 saturated heterocycles. The van der Waals surface area contributed by atoms with Gasteiger partial charge in [-0.1, -0.05) is 6.92 Å². The largest absolute Gasteiger partial charge is 0.353 e. The molecule has 0 aromatic carbocycles. The zero-order chi connectivity index (χ0) is 14.1. The summed E-state index contributed by atoms with van der Waals surface area (Å²) in [6, 6.07) is 0.404. The number of carbonyl (C=O) groups excluding carboxylic acids is 2. The number of fused-ring (bicyclic) bond motifs is 2. The fourth-order valence-corrected chi connectivity index (χ4v) is 3.38. The van der Waals surface area contributed by atoms with E-state index in [2.05, 4.69) is 20.7 Å². The monoisotopic (exact) mass is 277 g/mol. The average molecular weight is 277 g/mol. The number of aromatic amines is 1. The molecule has 7 nitrogen and oxygen atoms in total. The minimum Gasteiger partial charge on any atom is -0.353 e.